The zero-order valence-electron chi connectivity index (χ0n) is 10.4. The van der Waals surface area contributed by atoms with Gasteiger partial charge in [0.25, 0.3) is 0 Å². The summed E-state index contributed by atoms with van der Waals surface area (Å²) in [5.74, 6) is 0.787. The van der Waals surface area contributed by atoms with Gasteiger partial charge in [0.15, 0.2) is 0 Å². The molecule has 0 unspecified atom stereocenters. The number of hydrogen-bond donors (Lipinski definition) is 1. The Bertz CT molecular complexity index is 550. The van der Waals surface area contributed by atoms with Gasteiger partial charge in [0, 0.05) is 5.56 Å². The molecule has 2 aromatic carbocycles. The summed E-state index contributed by atoms with van der Waals surface area (Å²) in [5.41, 5.74) is 1.43. The highest BCUT2D eigenvalue weighted by molar-refractivity contribution is 5.41. The van der Waals surface area contributed by atoms with Crippen molar-refractivity contribution in [3.8, 4) is 11.5 Å². The third-order valence-electron chi connectivity index (χ3n) is 2.74. The molecule has 0 aromatic heterocycles. The molecule has 18 heavy (non-hydrogen) atoms. The largest absolute Gasteiger partial charge is 0.457 e. The SMILES string of the molecule is Cc1ccccc1Oc1ccc(F)cc1[C@H](C)O. The molecule has 0 spiro atoms. The van der Waals surface area contributed by atoms with E-state index in [0.717, 1.165) is 5.56 Å². The van der Waals surface area contributed by atoms with Gasteiger partial charge in [0.2, 0.25) is 0 Å². The van der Waals surface area contributed by atoms with Crippen LogP contribution in [0.15, 0.2) is 42.5 Å². The van der Waals surface area contributed by atoms with Crippen LogP contribution in [0.25, 0.3) is 0 Å². The summed E-state index contributed by atoms with van der Waals surface area (Å²) < 4.78 is 18.9. The van der Waals surface area contributed by atoms with Gasteiger partial charge >= 0.3 is 0 Å². The quantitative estimate of drug-likeness (QED) is 0.887. The number of aryl methyl sites for hydroxylation is 1. The number of benzene rings is 2. The van der Waals surface area contributed by atoms with E-state index in [4.69, 9.17) is 4.74 Å². The standard InChI is InChI=1S/C15H15FO2/c1-10-5-3-4-6-14(10)18-15-8-7-12(16)9-13(15)11(2)17/h3-9,11,17H,1-2H3/t11-/m0/s1. The second-order valence-electron chi connectivity index (χ2n) is 4.23. The Hall–Kier alpha value is -1.87. The Morgan fingerprint density at radius 1 is 1.11 bits per heavy atom. The van der Waals surface area contributed by atoms with Crippen molar-refractivity contribution in [3.63, 3.8) is 0 Å². The van der Waals surface area contributed by atoms with Gasteiger partial charge in [-0.25, -0.2) is 4.39 Å². The van der Waals surface area contributed by atoms with Crippen LogP contribution >= 0.6 is 0 Å². The van der Waals surface area contributed by atoms with E-state index in [1.54, 1.807) is 6.92 Å². The summed E-state index contributed by atoms with van der Waals surface area (Å²) >= 11 is 0. The molecule has 0 amide bonds. The minimum absolute atomic E-state index is 0.386. The fourth-order valence-electron chi connectivity index (χ4n) is 1.73. The topological polar surface area (TPSA) is 29.5 Å². The van der Waals surface area contributed by atoms with Crippen LogP contribution in [-0.4, -0.2) is 5.11 Å². The second kappa shape index (κ2) is 5.19. The fourth-order valence-corrected chi connectivity index (χ4v) is 1.73. The maximum absolute atomic E-state index is 13.2. The van der Waals surface area contributed by atoms with Gasteiger partial charge in [-0.3, -0.25) is 0 Å². The van der Waals surface area contributed by atoms with Gasteiger partial charge in [-0.2, -0.15) is 0 Å². The van der Waals surface area contributed by atoms with Gasteiger partial charge in [-0.15, -0.1) is 0 Å². The number of aliphatic hydroxyl groups is 1. The molecule has 0 saturated carbocycles. The first-order chi connectivity index (χ1) is 8.58. The number of ether oxygens (including phenoxy) is 1. The molecule has 3 heteroatoms. The monoisotopic (exact) mass is 246 g/mol. The number of rotatable bonds is 3. The second-order valence-corrected chi connectivity index (χ2v) is 4.23. The maximum atomic E-state index is 13.2. The van der Waals surface area contributed by atoms with Crippen LogP contribution in [0.3, 0.4) is 0 Å². The minimum Gasteiger partial charge on any atom is -0.457 e. The van der Waals surface area contributed by atoms with E-state index in [2.05, 4.69) is 0 Å². The predicted octanol–water partition coefficient (Wildman–Crippen LogP) is 3.98. The molecule has 94 valence electrons. The highest BCUT2D eigenvalue weighted by Crippen LogP contribution is 2.31. The van der Waals surface area contributed by atoms with Gasteiger partial charge in [-0.1, -0.05) is 18.2 Å². The van der Waals surface area contributed by atoms with E-state index in [1.165, 1.54) is 18.2 Å². The molecule has 1 atom stereocenters. The van der Waals surface area contributed by atoms with Crippen LogP contribution in [0.1, 0.15) is 24.2 Å². The number of para-hydroxylation sites is 1. The zero-order chi connectivity index (χ0) is 13.1. The molecule has 0 bridgehead atoms. The third kappa shape index (κ3) is 2.68. The molecular formula is C15H15FO2. The molecule has 0 aliphatic rings. The van der Waals surface area contributed by atoms with Crippen molar-refractivity contribution in [2.75, 3.05) is 0 Å². The molecule has 0 saturated heterocycles. The number of aliphatic hydroxyl groups excluding tert-OH is 1. The Morgan fingerprint density at radius 3 is 2.50 bits per heavy atom. The van der Waals surface area contributed by atoms with Crippen molar-refractivity contribution in [2.24, 2.45) is 0 Å². The first-order valence-electron chi connectivity index (χ1n) is 5.79. The third-order valence-corrected chi connectivity index (χ3v) is 2.74. The molecular weight excluding hydrogens is 231 g/mol. The average Bonchev–Trinajstić information content (AvgIpc) is 2.34. The van der Waals surface area contributed by atoms with Crippen molar-refractivity contribution in [3.05, 3.63) is 59.4 Å². The summed E-state index contributed by atoms with van der Waals surface area (Å²) in [6.07, 6.45) is -0.778. The first kappa shape index (κ1) is 12.6. The molecule has 0 heterocycles. The maximum Gasteiger partial charge on any atom is 0.133 e. The van der Waals surface area contributed by atoms with Crippen LogP contribution in [0.5, 0.6) is 11.5 Å². The van der Waals surface area contributed by atoms with Crippen molar-refractivity contribution in [2.45, 2.75) is 20.0 Å². The molecule has 2 rings (SSSR count). The normalized spacial score (nSPS) is 12.2. The van der Waals surface area contributed by atoms with Crippen molar-refractivity contribution < 1.29 is 14.2 Å². The summed E-state index contributed by atoms with van der Waals surface area (Å²) in [7, 11) is 0. The van der Waals surface area contributed by atoms with Gasteiger partial charge in [0.1, 0.15) is 17.3 Å². The summed E-state index contributed by atoms with van der Waals surface area (Å²) in [6.45, 7) is 3.51. The molecule has 0 fully saturated rings. The Kier molecular flexibility index (Phi) is 3.63. The van der Waals surface area contributed by atoms with Crippen molar-refractivity contribution in [1.82, 2.24) is 0 Å². The lowest BCUT2D eigenvalue weighted by Crippen LogP contribution is -1.97. The Labute approximate surface area is 106 Å². The molecule has 0 aliphatic carbocycles. The van der Waals surface area contributed by atoms with Crippen LogP contribution in [0.4, 0.5) is 4.39 Å². The predicted molar refractivity (Wildman–Crippen MR) is 68.3 cm³/mol. The smallest absolute Gasteiger partial charge is 0.133 e. The molecule has 1 N–H and O–H groups in total. The fraction of sp³-hybridized carbons (Fsp3) is 0.200. The van der Waals surface area contributed by atoms with E-state index in [1.807, 2.05) is 31.2 Å². The van der Waals surface area contributed by atoms with E-state index in [0.29, 0.717) is 17.1 Å². The summed E-state index contributed by atoms with van der Waals surface area (Å²) in [4.78, 5) is 0. The van der Waals surface area contributed by atoms with Crippen LogP contribution < -0.4 is 4.74 Å². The lowest BCUT2D eigenvalue weighted by Gasteiger charge is -2.14. The van der Waals surface area contributed by atoms with Crippen molar-refractivity contribution in [1.29, 1.82) is 0 Å². The van der Waals surface area contributed by atoms with E-state index in [9.17, 15) is 9.50 Å². The van der Waals surface area contributed by atoms with Crippen LogP contribution in [0.2, 0.25) is 0 Å². The van der Waals surface area contributed by atoms with E-state index in [-0.39, 0.29) is 5.82 Å². The molecule has 0 radical (unpaired) electrons. The average molecular weight is 246 g/mol. The number of halogens is 1. The highest BCUT2D eigenvalue weighted by atomic mass is 19.1. The summed E-state index contributed by atoms with van der Waals surface area (Å²) in [5, 5.41) is 9.63. The minimum atomic E-state index is -0.778. The lowest BCUT2D eigenvalue weighted by atomic mass is 10.1. The highest BCUT2D eigenvalue weighted by Gasteiger charge is 2.12. The Balaban J connectivity index is 2.37. The molecule has 0 aliphatic heterocycles. The first-order valence-corrected chi connectivity index (χ1v) is 5.79. The van der Waals surface area contributed by atoms with Gasteiger partial charge in [-0.05, 0) is 43.7 Å². The van der Waals surface area contributed by atoms with Crippen LogP contribution in [0, 0.1) is 12.7 Å². The van der Waals surface area contributed by atoms with E-state index >= 15 is 0 Å². The zero-order valence-corrected chi connectivity index (χ0v) is 10.4. The Morgan fingerprint density at radius 2 is 1.83 bits per heavy atom. The molecule has 2 nitrogen and oxygen atoms in total. The van der Waals surface area contributed by atoms with Crippen molar-refractivity contribution >= 4 is 0 Å². The lowest BCUT2D eigenvalue weighted by molar-refractivity contribution is 0.195. The van der Waals surface area contributed by atoms with Gasteiger partial charge < -0.3 is 9.84 Å². The number of hydrogen-bond acceptors (Lipinski definition) is 2. The summed E-state index contributed by atoms with van der Waals surface area (Å²) in [6, 6.07) is 11.7. The van der Waals surface area contributed by atoms with E-state index < -0.39 is 6.10 Å². The van der Waals surface area contributed by atoms with Crippen LogP contribution in [-0.2, 0) is 0 Å². The van der Waals surface area contributed by atoms with Gasteiger partial charge in [0.05, 0.1) is 6.10 Å². The molecule has 2 aromatic rings.